The molecule has 24 heavy (non-hydrogen) atoms. The standard InChI is InChI=1S/C15H18FN5O3/c1-9-11(10(2)21-14(19-9)17-8-18-21)3-4-12(22)20-6-5-15(16,7-20)13(23)24/h8H,3-7H2,1-2H3,(H,23,24). The molecule has 1 unspecified atom stereocenters. The highest BCUT2D eigenvalue weighted by atomic mass is 19.1. The number of amides is 1. The number of aromatic nitrogens is 4. The van der Waals surface area contributed by atoms with Crippen molar-refractivity contribution < 1.29 is 19.1 Å². The van der Waals surface area contributed by atoms with E-state index in [4.69, 9.17) is 5.11 Å². The van der Waals surface area contributed by atoms with Crippen LogP contribution in [-0.4, -0.2) is 60.2 Å². The van der Waals surface area contributed by atoms with E-state index in [9.17, 15) is 14.0 Å². The normalized spacial score (nSPS) is 20.7. The van der Waals surface area contributed by atoms with Crippen molar-refractivity contribution in [2.75, 3.05) is 13.1 Å². The van der Waals surface area contributed by atoms with Crippen molar-refractivity contribution in [1.29, 1.82) is 0 Å². The third-order valence-corrected chi connectivity index (χ3v) is 4.53. The molecule has 1 fully saturated rings. The third-order valence-electron chi connectivity index (χ3n) is 4.53. The number of halogens is 1. The Kier molecular flexibility index (Phi) is 3.94. The number of carboxylic acid groups (broad SMARTS) is 1. The zero-order chi connectivity index (χ0) is 17.5. The molecular formula is C15H18FN5O3. The second-order valence-corrected chi connectivity index (χ2v) is 6.07. The molecule has 0 aliphatic carbocycles. The molecule has 8 nitrogen and oxygen atoms in total. The first kappa shape index (κ1) is 16.3. The van der Waals surface area contributed by atoms with Crippen molar-refractivity contribution >= 4 is 17.7 Å². The van der Waals surface area contributed by atoms with Gasteiger partial charge in [0, 0.05) is 30.8 Å². The first-order valence-electron chi connectivity index (χ1n) is 7.68. The zero-order valence-corrected chi connectivity index (χ0v) is 13.5. The van der Waals surface area contributed by atoms with Gasteiger partial charge in [0.25, 0.3) is 5.78 Å². The van der Waals surface area contributed by atoms with Crippen LogP contribution in [0.2, 0.25) is 0 Å². The minimum Gasteiger partial charge on any atom is -0.479 e. The van der Waals surface area contributed by atoms with Crippen LogP contribution in [0.1, 0.15) is 29.8 Å². The van der Waals surface area contributed by atoms with Crippen molar-refractivity contribution in [2.24, 2.45) is 0 Å². The number of nitrogens with zero attached hydrogens (tertiary/aromatic N) is 5. The summed E-state index contributed by atoms with van der Waals surface area (Å²) < 4.78 is 15.7. The van der Waals surface area contributed by atoms with Crippen LogP contribution in [0, 0.1) is 13.8 Å². The van der Waals surface area contributed by atoms with E-state index >= 15 is 0 Å². The Morgan fingerprint density at radius 2 is 2.17 bits per heavy atom. The first-order valence-corrected chi connectivity index (χ1v) is 7.68. The molecule has 0 saturated carbocycles. The molecule has 0 aromatic carbocycles. The lowest BCUT2D eigenvalue weighted by molar-refractivity contribution is -0.150. The van der Waals surface area contributed by atoms with Crippen molar-refractivity contribution in [2.45, 2.75) is 38.8 Å². The van der Waals surface area contributed by atoms with Gasteiger partial charge in [-0.25, -0.2) is 18.7 Å². The van der Waals surface area contributed by atoms with Crippen molar-refractivity contribution in [1.82, 2.24) is 24.5 Å². The molecule has 1 aliphatic rings. The highest BCUT2D eigenvalue weighted by molar-refractivity contribution is 5.82. The second kappa shape index (κ2) is 5.81. The van der Waals surface area contributed by atoms with Crippen LogP contribution in [0.4, 0.5) is 4.39 Å². The number of fused-ring (bicyclic) bond motifs is 1. The van der Waals surface area contributed by atoms with Gasteiger partial charge in [-0.2, -0.15) is 10.1 Å². The van der Waals surface area contributed by atoms with Crippen LogP contribution in [0.3, 0.4) is 0 Å². The highest BCUT2D eigenvalue weighted by Crippen LogP contribution is 2.26. The quantitative estimate of drug-likeness (QED) is 0.883. The fraction of sp³-hybridized carbons (Fsp3) is 0.533. The second-order valence-electron chi connectivity index (χ2n) is 6.07. The van der Waals surface area contributed by atoms with Crippen LogP contribution in [0.25, 0.3) is 5.78 Å². The third kappa shape index (κ3) is 2.70. The van der Waals surface area contributed by atoms with Gasteiger partial charge in [-0.1, -0.05) is 0 Å². The van der Waals surface area contributed by atoms with E-state index in [0.717, 1.165) is 17.0 Å². The average Bonchev–Trinajstić information content (AvgIpc) is 3.14. The van der Waals surface area contributed by atoms with Gasteiger partial charge in [-0.15, -0.1) is 0 Å². The number of aliphatic carboxylic acids is 1. The number of alkyl halides is 1. The van der Waals surface area contributed by atoms with Crippen LogP contribution in [0.15, 0.2) is 6.33 Å². The average molecular weight is 335 g/mol. The number of carboxylic acids is 1. The van der Waals surface area contributed by atoms with E-state index in [1.54, 1.807) is 4.52 Å². The maximum absolute atomic E-state index is 14.1. The van der Waals surface area contributed by atoms with Crippen molar-refractivity contribution in [3.05, 3.63) is 23.3 Å². The summed E-state index contributed by atoms with van der Waals surface area (Å²) in [5.41, 5.74) is 0.190. The maximum Gasteiger partial charge on any atom is 0.343 e. The van der Waals surface area contributed by atoms with E-state index < -0.39 is 11.6 Å². The smallest absolute Gasteiger partial charge is 0.343 e. The first-order chi connectivity index (χ1) is 11.3. The summed E-state index contributed by atoms with van der Waals surface area (Å²) in [6, 6.07) is 0. The molecule has 2 aromatic heterocycles. The van der Waals surface area contributed by atoms with Gasteiger partial charge in [0.05, 0.1) is 6.54 Å². The lowest BCUT2D eigenvalue weighted by Crippen LogP contribution is -2.39. The van der Waals surface area contributed by atoms with E-state index in [1.165, 1.54) is 11.2 Å². The number of hydrogen-bond acceptors (Lipinski definition) is 5. The Balaban J connectivity index is 1.70. The van der Waals surface area contributed by atoms with Crippen LogP contribution < -0.4 is 0 Å². The fourth-order valence-corrected chi connectivity index (χ4v) is 3.07. The largest absolute Gasteiger partial charge is 0.479 e. The van der Waals surface area contributed by atoms with Gasteiger partial charge in [0.2, 0.25) is 11.6 Å². The summed E-state index contributed by atoms with van der Waals surface area (Å²) in [5.74, 6) is -1.26. The van der Waals surface area contributed by atoms with Gasteiger partial charge < -0.3 is 10.0 Å². The fourth-order valence-electron chi connectivity index (χ4n) is 3.07. The minimum atomic E-state index is -2.33. The zero-order valence-electron chi connectivity index (χ0n) is 13.5. The number of hydrogen-bond donors (Lipinski definition) is 1. The van der Waals surface area contributed by atoms with Crippen molar-refractivity contribution in [3.8, 4) is 0 Å². The molecule has 0 spiro atoms. The molecule has 1 aliphatic heterocycles. The molecule has 1 atom stereocenters. The van der Waals surface area contributed by atoms with Crippen molar-refractivity contribution in [3.63, 3.8) is 0 Å². The molecule has 9 heteroatoms. The Morgan fingerprint density at radius 1 is 1.42 bits per heavy atom. The minimum absolute atomic E-state index is 0.125. The van der Waals surface area contributed by atoms with E-state index in [2.05, 4.69) is 15.1 Å². The number of rotatable bonds is 4. The molecule has 128 valence electrons. The highest BCUT2D eigenvalue weighted by Gasteiger charge is 2.46. The van der Waals surface area contributed by atoms with Crippen LogP contribution >= 0.6 is 0 Å². The predicted octanol–water partition coefficient (Wildman–Crippen LogP) is 0.699. The lowest BCUT2D eigenvalue weighted by Gasteiger charge is -2.18. The summed E-state index contributed by atoms with van der Waals surface area (Å²) in [6.07, 6.45) is 1.85. The Hall–Kier alpha value is -2.58. The topological polar surface area (TPSA) is 101 Å². The predicted molar refractivity (Wildman–Crippen MR) is 81.2 cm³/mol. The van der Waals surface area contributed by atoms with Gasteiger partial charge in [0.15, 0.2) is 0 Å². The lowest BCUT2D eigenvalue weighted by atomic mass is 10.1. The van der Waals surface area contributed by atoms with Crippen LogP contribution in [0.5, 0.6) is 0 Å². The summed E-state index contributed by atoms with van der Waals surface area (Å²) in [5, 5.41) is 13.0. The molecule has 3 heterocycles. The van der Waals surface area contributed by atoms with Crippen LogP contribution in [-0.2, 0) is 16.0 Å². The van der Waals surface area contributed by atoms with E-state index in [1.807, 2.05) is 13.8 Å². The number of aryl methyl sites for hydroxylation is 2. The molecule has 1 saturated heterocycles. The number of carbonyl (C=O) groups is 2. The summed E-state index contributed by atoms with van der Waals surface area (Å²) >= 11 is 0. The van der Waals surface area contributed by atoms with E-state index in [-0.39, 0.29) is 31.8 Å². The monoisotopic (exact) mass is 335 g/mol. The number of likely N-dealkylation sites (tertiary alicyclic amines) is 1. The van der Waals surface area contributed by atoms with Gasteiger partial charge >= 0.3 is 5.97 Å². The molecule has 3 rings (SSSR count). The Morgan fingerprint density at radius 3 is 2.83 bits per heavy atom. The molecule has 2 aromatic rings. The molecule has 0 bridgehead atoms. The SMILES string of the molecule is Cc1nc2ncnn2c(C)c1CCC(=O)N1CCC(F)(C(=O)O)C1. The molecular weight excluding hydrogens is 317 g/mol. The van der Waals surface area contributed by atoms with Gasteiger partial charge in [-0.3, -0.25) is 4.79 Å². The molecule has 1 N–H and O–H groups in total. The van der Waals surface area contributed by atoms with E-state index in [0.29, 0.717) is 12.2 Å². The Bertz CT molecular complexity index is 821. The maximum atomic E-state index is 14.1. The summed E-state index contributed by atoms with van der Waals surface area (Å²) in [7, 11) is 0. The Labute approximate surface area is 137 Å². The van der Waals surface area contributed by atoms with Gasteiger partial charge in [-0.05, 0) is 25.8 Å². The van der Waals surface area contributed by atoms with Gasteiger partial charge in [0.1, 0.15) is 6.33 Å². The summed E-state index contributed by atoms with van der Waals surface area (Å²) in [6.45, 7) is 3.46. The molecule has 0 radical (unpaired) electrons. The number of carbonyl (C=O) groups excluding carboxylic acids is 1. The summed E-state index contributed by atoms with van der Waals surface area (Å²) in [4.78, 5) is 32.9. The molecule has 1 amide bonds.